The summed E-state index contributed by atoms with van der Waals surface area (Å²) >= 11 is 0. The molecule has 0 bridgehead atoms. The van der Waals surface area contributed by atoms with Gasteiger partial charge in [0.1, 0.15) is 12.2 Å². The number of nitrogens with one attached hydrogen (secondary N) is 2. The minimum atomic E-state index is -3.10. The number of hydrogen-bond donors (Lipinski definition) is 2. The van der Waals surface area contributed by atoms with Crippen LogP contribution in [0.4, 0.5) is 0 Å². The largest absolute Gasteiger partial charge is 0.310 e. The third-order valence-electron chi connectivity index (χ3n) is 3.75. The first kappa shape index (κ1) is 14.2. The molecule has 0 amide bonds. The van der Waals surface area contributed by atoms with E-state index in [9.17, 15) is 8.42 Å². The zero-order chi connectivity index (χ0) is 14.7. The number of rotatable bonds is 5. The fourth-order valence-electron chi connectivity index (χ4n) is 2.69. The fourth-order valence-corrected chi connectivity index (χ4v) is 4.31. The Kier molecular flexibility index (Phi) is 4.03. The van der Waals surface area contributed by atoms with E-state index in [4.69, 9.17) is 0 Å². The summed E-state index contributed by atoms with van der Waals surface area (Å²) in [6.07, 6.45) is 3.90. The molecule has 0 saturated heterocycles. The van der Waals surface area contributed by atoms with E-state index in [0.717, 1.165) is 30.8 Å². The molecule has 1 aromatic carbocycles. The van der Waals surface area contributed by atoms with Gasteiger partial charge in [-0.15, -0.1) is 0 Å². The molecule has 1 aliphatic heterocycles. The van der Waals surface area contributed by atoms with Crippen LogP contribution in [0.3, 0.4) is 0 Å². The highest BCUT2D eigenvalue weighted by Gasteiger charge is 2.29. The van der Waals surface area contributed by atoms with E-state index in [-0.39, 0.29) is 11.8 Å². The van der Waals surface area contributed by atoms with Crippen LogP contribution in [0.25, 0.3) is 0 Å². The lowest BCUT2D eigenvalue weighted by Gasteiger charge is -2.26. The molecular formula is C14H18N4O2S. The zero-order valence-corrected chi connectivity index (χ0v) is 12.4. The standard InChI is InChI=1S/C14H18N4O2S/c19-21(20)9-7-12(11-4-1-2-5-13(11)21)15-8-3-6-14-16-10-17-18-14/h1-2,4-5,10,12,15H,3,6-9H2,(H,16,17,18). The Balaban J connectivity index is 1.62. The third-order valence-corrected chi connectivity index (χ3v) is 5.57. The van der Waals surface area contributed by atoms with Gasteiger partial charge in [-0.2, -0.15) is 5.10 Å². The second-order valence-electron chi connectivity index (χ2n) is 5.19. The van der Waals surface area contributed by atoms with Crippen molar-refractivity contribution < 1.29 is 8.42 Å². The van der Waals surface area contributed by atoms with E-state index in [0.29, 0.717) is 11.3 Å². The van der Waals surface area contributed by atoms with Crippen LogP contribution in [0.1, 0.15) is 30.3 Å². The van der Waals surface area contributed by atoms with Crippen LogP contribution in [0.2, 0.25) is 0 Å². The van der Waals surface area contributed by atoms with Crippen molar-refractivity contribution in [2.75, 3.05) is 12.3 Å². The molecule has 1 atom stereocenters. The molecule has 0 aliphatic carbocycles. The van der Waals surface area contributed by atoms with Crippen LogP contribution >= 0.6 is 0 Å². The summed E-state index contributed by atoms with van der Waals surface area (Å²) in [5, 5.41) is 10.1. The van der Waals surface area contributed by atoms with Gasteiger partial charge in [0.25, 0.3) is 0 Å². The van der Waals surface area contributed by atoms with Crippen LogP contribution in [0.15, 0.2) is 35.5 Å². The number of hydrogen-bond acceptors (Lipinski definition) is 5. The first-order valence-electron chi connectivity index (χ1n) is 7.06. The molecule has 1 unspecified atom stereocenters. The van der Waals surface area contributed by atoms with Gasteiger partial charge in [-0.1, -0.05) is 18.2 Å². The molecule has 21 heavy (non-hydrogen) atoms. The van der Waals surface area contributed by atoms with E-state index in [1.54, 1.807) is 12.1 Å². The number of nitrogens with zero attached hydrogens (tertiary/aromatic N) is 2. The lowest BCUT2D eigenvalue weighted by atomic mass is 10.0. The highest BCUT2D eigenvalue weighted by atomic mass is 32.2. The molecule has 6 nitrogen and oxygen atoms in total. The summed E-state index contributed by atoms with van der Waals surface area (Å²) in [7, 11) is -3.10. The number of sulfone groups is 1. The van der Waals surface area contributed by atoms with Crippen LogP contribution in [0, 0.1) is 0 Å². The Morgan fingerprint density at radius 2 is 2.19 bits per heavy atom. The van der Waals surface area contributed by atoms with Crippen LogP contribution < -0.4 is 5.32 Å². The molecule has 0 fully saturated rings. The van der Waals surface area contributed by atoms with Gasteiger partial charge in [0.05, 0.1) is 10.6 Å². The van der Waals surface area contributed by atoms with Crippen molar-refractivity contribution in [1.82, 2.24) is 20.5 Å². The van der Waals surface area contributed by atoms with E-state index in [1.807, 2.05) is 12.1 Å². The van der Waals surface area contributed by atoms with Crippen molar-refractivity contribution in [3.63, 3.8) is 0 Å². The molecule has 1 aromatic heterocycles. The molecule has 3 rings (SSSR count). The van der Waals surface area contributed by atoms with Crippen LogP contribution in [-0.4, -0.2) is 35.9 Å². The van der Waals surface area contributed by atoms with Crippen LogP contribution in [0.5, 0.6) is 0 Å². The maximum atomic E-state index is 12.1. The van der Waals surface area contributed by atoms with Gasteiger partial charge in [-0.05, 0) is 31.0 Å². The molecule has 0 radical (unpaired) electrons. The van der Waals surface area contributed by atoms with Gasteiger partial charge in [-0.3, -0.25) is 5.10 Å². The predicted octanol–water partition coefficient (Wildman–Crippen LogP) is 1.25. The quantitative estimate of drug-likeness (QED) is 0.812. The molecule has 2 heterocycles. The molecule has 0 spiro atoms. The Morgan fingerprint density at radius 3 is 3.00 bits per heavy atom. The van der Waals surface area contributed by atoms with Crippen molar-refractivity contribution in [2.45, 2.75) is 30.2 Å². The molecule has 1 aliphatic rings. The number of aromatic amines is 1. The average Bonchev–Trinajstić information content (AvgIpc) is 2.99. The normalized spacial score (nSPS) is 20.1. The highest BCUT2D eigenvalue weighted by Crippen LogP contribution is 2.31. The second-order valence-corrected chi connectivity index (χ2v) is 7.27. The van der Waals surface area contributed by atoms with E-state index >= 15 is 0 Å². The minimum Gasteiger partial charge on any atom is -0.310 e. The summed E-state index contributed by atoms with van der Waals surface area (Å²) in [4.78, 5) is 4.56. The number of fused-ring (bicyclic) bond motifs is 1. The summed E-state index contributed by atoms with van der Waals surface area (Å²) in [6.45, 7) is 0.819. The molecule has 0 saturated carbocycles. The third kappa shape index (κ3) is 3.14. The first-order valence-corrected chi connectivity index (χ1v) is 8.71. The first-order chi connectivity index (χ1) is 10.2. The minimum absolute atomic E-state index is 0.111. The smallest absolute Gasteiger partial charge is 0.178 e. The highest BCUT2D eigenvalue weighted by molar-refractivity contribution is 7.91. The SMILES string of the molecule is O=S1(=O)CCC(NCCCc2ncn[nH]2)c2ccccc21. The summed E-state index contributed by atoms with van der Waals surface area (Å²) in [5.41, 5.74) is 0.892. The second kappa shape index (κ2) is 5.95. The number of H-pyrrole nitrogens is 1. The average molecular weight is 306 g/mol. The van der Waals surface area contributed by atoms with E-state index < -0.39 is 9.84 Å². The van der Waals surface area contributed by atoms with Gasteiger partial charge in [0.2, 0.25) is 0 Å². The maximum Gasteiger partial charge on any atom is 0.178 e. The summed E-state index contributed by atoms with van der Waals surface area (Å²) in [5.74, 6) is 1.09. The topological polar surface area (TPSA) is 87.7 Å². The maximum absolute atomic E-state index is 12.1. The van der Waals surface area contributed by atoms with Crippen molar-refractivity contribution in [2.24, 2.45) is 0 Å². The van der Waals surface area contributed by atoms with Crippen molar-refractivity contribution in [3.05, 3.63) is 42.0 Å². The van der Waals surface area contributed by atoms with Crippen molar-refractivity contribution in [3.8, 4) is 0 Å². The van der Waals surface area contributed by atoms with Gasteiger partial charge in [0.15, 0.2) is 9.84 Å². The lowest BCUT2D eigenvalue weighted by Crippen LogP contribution is -2.30. The van der Waals surface area contributed by atoms with Gasteiger partial charge < -0.3 is 5.32 Å². The van der Waals surface area contributed by atoms with E-state index in [1.165, 1.54) is 6.33 Å². The Hall–Kier alpha value is -1.73. The van der Waals surface area contributed by atoms with E-state index in [2.05, 4.69) is 20.5 Å². The van der Waals surface area contributed by atoms with Gasteiger partial charge in [0, 0.05) is 12.5 Å². The Labute approximate surface area is 123 Å². The van der Waals surface area contributed by atoms with Crippen molar-refractivity contribution >= 4 is 9.84 Å². The van der Waals surface area contributed by atoms with Crippen LogP contribution in [-0.2, 0) is 16.3 Å². The number of aromatic nitrogens is 3. The Bertz CT molecular complexity index is 698. The van der Waals surface area contributed by atoms with Gasteiger partial charge in [-0.25, -0.2) is 13.4 Å². The number of aryl methyl sites for hydroxylation is 1. The Morgan fingerprint density at radius 1 is 1.33 bits per heavy atom. The molecular weight excluding hydrogens is 288 g/mol. The lowest BCUT2D eigenvalue weighted by molar-refractivity contribution is 0.485. The fraction of sp³-hybridized carbons (Fsp3) is 0.429. The molecule has 112 valence electrons. The van der Waals surface area contributed by atoms with Crippen molar-refractivity contribution in [1.29, 1.82) is 0 Å². The molecule has 2 N–H and O–H groups in total. The monoisotopic (exact) mass is 306 g/mol. The summed E-state index contributed by atoms with van der Waals surface area (Å²) < 4.78 is 24.1. The number of benzene rings is 1. The molecule has 7 heteroatoms. The van der Waals surface area contributed by atoms with Gasteiger partial charge >= 0.3 is 0 Å². The molecule has 2 aromatic rings. The zero-order valence-electron chi connectivity index (χ0n) is 11.6. The summed E-state index contributed by atoms with van der Waals surface area (Å²) in [6, 6.07) is 7.39. The predicted molar refractivity (Wildman–Crippen MR) is 78.6 cm³/mol.